The number of carbonyl (C=O) groups is 2. The summed E-state index contributed by atoms with van der Waals surface area (Å²) in [5.41, 5.74) is 2.42. The van der Waals surface area contributed by atoms with Gasteiger partial charge in [-0.2, -0.15) is 9.10 Å². The molecule has 0 spiro atoms. The molecule has 1 aliphatic heterocycles. The van der Waals surface area contributed by atoms with Crippen molar-refractivity contribution in [2.24, 2.45) is 0 Å². The number of nitrogens with zero attached hydrogens (tertiary/aromatic N) is 6. The van der Waals surface area contributed by atoms with Crippen LogP contribution in [0.15, 0.2) is 125 Å². The first-order valence-corrected chi connectivity index (χ1v) is 24.1. The molecule has 5 aromatic carbocycles. The second-order valence-corrected chi connectivity index (χ2v) is 19.7. The number of methoxy groups -OCH3 is 3. The number of carboxylic acid groups (broad SMARTS) is 1. The van der Waals surface area contributed by atoms with Crippen LogP contribution in [-0.2, 0) is 51.0 Å². The molecule has 7 rings (SSSR count). The highest BCUT2D eigenvalue weighted by Crippen LogP contribution is 2.38. The van der Waals surface area contributed by atoms with E-state index in [9.17, 15) is 23.1 Å². The third-order valence-electron chi connectivity index (χ3n) is 10.6. The molecular weight excluding hydrogens is 1010 g/mol. The van der Waals surface area contributed by atoms with Crippen LogP contribution in [0.4, 0.5) is 9.59 Å². The molecule has 66 heavy (non-hydrogen) atoms. The van der Waals surface area contributed by atoms with Gasteiger partial charge in [0, 0.05) is 29.7 Å². The van der Waals surface area contributed by atoms with Crippen LogP contribution in [0.3, 0.4) is 0 Å². The highest BCUT2D eigenvalue weighted by atomic mass is 127. The van der Waals surface area contributed by atoms with Gasteiger partial charge in [-0.25, -0.2) is 31.1 Å². The number of ether oxygens (including phenoxy) is 4. The van der Waals surface area contributed by atoms with Gasteiger partial charge in [-0.3, -0.25) is 0 Å². The monoisotopic (exact) mass is 1050 g/mol. The maximum Gasteiger partial charge on any atom is 0.407 e. The number of carbonyl (C=O) groups excluding carboxylic acids is 1. The first-order chi connectivity index (χ1) is 31.7. The van der Waals surface area contributed by atoms with E-state index >= 15 is 8.42 Å². The summed E-state index contributed by atoms with van der Waals surface area (Å²) in [6, 6.07) is 29.6. The second-order valence-electron chi connectivity index (χ2n) is 14.9. The van der Waals surface area contributed by atoms with Crippen LogP contribution in [0.5, 0.6) is 17.2 Å². The molecule has 1 fully saturated rings. The van der Waals surface area contributed by atoms with Gasteiger partial charge in [0.05, 0.1) is 45.5 Å². The van der Waals surface area contributed by atoms with E-state index in [1.54, 1.807) is 110 Å². The van der Waals surface area contributed by atoms with Crippen molar-refractivity contribution in [2.45, 2.75) is 48.1 Å². The quantitative estimate of drug-likeness (QED) is 0.0922. The third kappa shape index (κ3) is 11.4. The summed E-state index contributed by atoms with van der Waals surface area (Å²) < 4.78 is 86.4. The number of halogens is 1. The second kappa shape index (κ2) is 20.9. The molecule has 0 bridgehead atoms. The van der Waals surface area contributed by atoms with Crippen LogP contribution < -0.4 is 24.2 Å². The van der Waals surface area contributed by atoms with Crippen molar-refractivity contribution in [1.82, 2.24) is 39.5 Å². The average Bonchev–Trinajstić information content (AvgIpc) is 3.95. The fourth-order valence-electron chi connectivity index (χ4n) is 7.15. The molecule has 1 saturated heterocycles. The van der Waals surface area contributed by atoms with Crippen LogP contribution >= 0.6 is 22.6 Å². The Morgan fingerprint density at radius 2 is 1.29 bits per heavy atom. The Morgan fingerprint density at radius 3 is 1.83 bits per heavy atom. The van der Waals surface area contributed by atoms with Gasteiger partial charge in [0.1, 0.15) is 33.6 Å². The number of amides is 2. The number of alkyl carbamates (subject to hydrolysis) is 1. The molecule has 0 radical (unpaired) electrons. The summed E-state index contributed by atoms with van der Waals surface area (Å²) in [5, 5.41) is 25.6. The molecule has 6 aromatic rings. The Bertz CT molecular complexity index is 2820. The van der Waals surface area contributed by atoms with Crippen LogP contribution in [-0.4, -0.2) is 110 Å². The van der Waals surface area contributed by atoms with Crippen molar-refractivity contribution in [3.05, 3.63) is 141 Å². The Labute approximate surface area is 394 Å². The van der Waals surface area contributed by atoms with E-state index in [0.717, 1.165) is 20.8 Å². The molecule has 2 amide bonds. The Kier molecular flexibility index (Phi) is 15.1. The van der Waals surface area contributed by atoms with E-state index in [0.29, 0.717) is 33.9 Å². The fourth-order valence-corrected chi connectivity index (χ4v) is 11.7. The zero-order valence-corrected chi connectivity index (χ0v) is 39.6. The number of rotatable bonds is 18. The lowest BCUT2D eigenvalue weighted by atomic mass is 10.2. The molecule has 2 atom stereocenters. The lowest BCUT2D eigenvalue weighted by Gasteiger charge is -2.26. The van der Waals surface area contributed by atoms with Crippen molar-refractivity contribution in [3.63, 3.8) is 0 Å². The fraction of sp³-hybridized carbons (Fsp3) is 0.250. The largest absolute Gasteiger partial charge is 0.497 e. The molecule has 346 valence electrons. The van der Waals surface area contributed by atoms with E-state index in [-0.39, 0.29) is 54.3 Å². The highest BCUT2D eigenvalue weighted by molar-refractivity contribution is 14.1. The summed E-state index contributed by atoms with van der Waals surface area (Å²) in [6.45, 7) is -1.11. The first-order valence-electron chi connectivity index (χ1n) is 20.1. The molecule has 0 aliphatic carbocycles. The third-order valence-corrected chi connectivity index (χ3v) is 15.0. The smallest absolute Gasteiger partial charge is 0.407 e. The van der Waals surface area contributed by atoms with E-state index < -0.39 is 54.1 Å². The Hall–Kier alpha value is -6.34. The topological polar surface area (TPSA) is 234 Å². The van der Waals surface area contributed by atoms with Gasteiger partial charge in [0.25, 0.3) is 0 Å². The van der Waals surface area contributed by atoms with Gasteiger partial charge >= 0.3 is 12.2 Å². The molecule has 1 aliphatic rings. The van der Waals surface area contributed by atoms with Crippen LogP contribution in [0, 0.1) is 3.57 Å². The molecule has 0 unspecified atom stereocenters. The molecule has 1 aromatic heterocycles. The number of aromatic nitrogens is 4. The Balaban J connectivity index is 1.32. The van der Waals surface area contributed by atoms with Crippen molar-refractivity contribution in [1.29, 1.82) is 0 Å². The standard InChI is InChI=1S/C44H45IN8O11S2/c1-61-33-15-9-29(10-16-33)23-52(24-30-11-17-34(62-2)18-12-30)66(59,60)41-39(22-21-36(45)40(41)42-47-50-53(48-42)25-31-13-19-35(63-3)20-14-31)65(57,58)49-38-27-51(44(55)56)26-37(38)46-43(54)64-28-32-7-5-4-6-8-32/h4-22,37-38,49H,23-28H2,1-3H3,(H,46,54)(H,55,56)/t37-,38+/m0/s1. The molecule has 22 heteroatoms. The average molecular weight is 1050 g/mol. The minimum atomic E-state index is -4.92. The van der Waals surface area contributed by atoms with E-state index in [2.05, 4.69) is 25.4 Å². The number of tetrazole rings is 1. The van der Waals surface area contributed by atoms with Gasteiger partial charge in [-0.15, -0.1) is 10.2 Å². The summed E-state index contributed by atoms with van der Waals surface area (Å²) in [6.07, 6.45) is -2.28. The zero-order chi connectivity index (χ0) is 47.0. The minimum Gasteiger partial charge on any atom is -0.497 e. The van der Waals surface area contributed by atoms with E-state index in [4.69, 9.17) is 18.9 Å². The van der Waals surface area contributed by atoms with Crippen LogP contribution in [0.25, 0.3) is 11.4 Å². The number of nitrogens with one attached hydrogen (secondary N) is 2. The van der Waals surface area contributed by atoms with Gasteiger partial charge in [-0.05, 0) is 98.6 Å². The SMILES string of the molecule is COc1ccc(CN(Cc2ccc(OC)cc2)S(=O)(=O)c2c(S(=O)(=O)N[C@@H]3CN(C(=O)O)C[C@@H]3NC(=O)OCc3ccccc3)ccc(I)c2-c2nnn(Cc3ccc(OC)cc3)n2)cc1. The number of sulfonamides is 2. The van der Waals surface area contributed by atoms with Gasteiger partial charge in [-0.1, -0.05) is 66.7 Å². The molecule has 0 saturated carbocycles. The number of hydrogen-bond donors (Lipinski definition) is 3. The highest BCUT2D eigenvalue weighted by Gasteiger charge is 2.42. The predicted octanol–water partition coefficient (Wildman–Crippen LogP) is 5.35. The van der Waals surface area contributed by atoms with Crippen molar-refractivity contribution < 1.29 is 50.5 Å². The van der Waals surface area contributed by atoms with Crippen molar-refractivity contribution in [3.8, 4) is 28.6 Å². The number of likely N-dealkylation sites (tertiary alicyclic amines) is 1. The summed E-state index contributed by atoms with van der Waals surface area (Å²) >= 11 is 1.90. The van der Waals surface area contributed by atoms with E-state index in [1.807, 2.05) is 22.6 Å². The lowest BCUT2D eigenvalue weighted by molar-refractivity contribution is 0.133. The summed E-state index contributed by atoms with van der Waals surface area (Å²) in [5.74, 6) is 1.53. The molecule has 3 N–H and O–H groups in total. The maximum atomic E-state index is 15.7. The normalized spacial score (nSPS) is 15.1. The van der Waals surface area contributed by atoms with Gasteiger partial charge in [0.2, 0.25) is 25.9 Å². The summed E-state index contributed by atoms with van der Waals surface area (Å²) in [7, 11) is -5.27. The minimum absolute atomic E-state index is 0.104. The van der Waals surface area contributed by atoms with Crippen LogP contribution in [0.2, 0.25) is 0 Å². The molecule has 2 heterocycles. The lowest BCUT2D eigenvalue weighted by Crippen LogP contribution is -2.51. The van der Waals surface area contributed by atoms with Gasteiger partial charge in [0.15, 0.2) is 0 Å². The zero-order valence-electron chi connectivity index (χ0n) is 35.8. The van der Waals surface area contributed by atoms with Crippen molar-refractivity contribution in [2.75, 3.05) is 34.4 Å². The van der Waals surface area contributed by atoms with Gasteiger partial charge < -0.3 is 34.3 Å². The Morgan fingerprint density at radius 1 is 0.742 bits per heavy atom. The summed E-state index contributed by atoms with van der Waals surface area (Å²) in [4.78, 5) is 26.1. The molecular formula is C44H45IN8O11S2. The number of hydrogen-bond acceptors (Lipinski definition) is 13. The first kappa shape index (κ1) is 47.6. The number of benzene rings is 5. The van der Waals surface area contributed by atoms with E-state index in [1.165, 1.54) is 25.1 Å². The predicted molar refractivity (Wildman–Crippen MR) is 248 cm³/mol. The van der Waals surface area contributed by atoms with Crippen LogP contribution in [0.1, 0.15) is 22.3 Å². The van der Waals surface area contributed by atoms with Crippen molar-refractivity contribution >= 4 is 54.8 Å². The maximum absolute atomic E-state index is 15.7. The molecule has 19 nitrogen and oxygen atoms in total.